The van der Waals surface area contributed by atoms with Gasteiger partial charge in [0, 0.05) is 41.9 Å². The van der Waals surface area contributed by atoms with Crippen LogP contribution in [0.2, 0.25) is 5.15 Å². The Morgan fingerprint density at radius 1 is 1.03 bits per heavy atom. The molecular weight excluding hydrogens is 404 g/mol. The molecule has 0 amide bonds. The Labute approximate surface area is 179 Å². The third-order valence-electron chi connectivity index (χ3n) is 5.71. The molecule has 0 unspecified atom stereocenters. The number of thiazole rings is 1. The Morgan fingerprint density at radius 3 is 2.59 bits per heavy atom. The van der Waals surface area contributed by atoms with Gasteiger partial charge in [0.25, 0.3) is 0 Å². The fraction of sp³-hybridized carbons (Fsp3) is 0.409. The van der Waals surface area contributed by atoms with Crippen LogP contribution < -0.4 is 9.64 Å². The molecule has 0 spiro atoms. The number of ether oxygens (including phenoxy) is 1. The first kappa shape index (κ1) is 18.8. The SMILES string of the molecule is COc1ccccc1-c1csc(C2CCN(c3cc(Cl)nc(C4CC4)n3)CC2)n1. The minimum Gasteiger partial charge on any atom is -0.496 e. The van der Waals surface area contributed by atoms with E-state index in [2.05, 4.69) is 21.3 Å². The molecule has 2 fully saturated rings. The van der Waals surface area contributed by atoms with Crippen molar-refractivity contribution in [2.24, 2.45) is 0 Å². The minimum absolute atomic E-state index is 0.486. The molecule has 3 heterocycles. The van der Waals surface area contributed by atoms with E-state index in [0.717, 1.165) is 54.6 Å². The zero-order chi connectivity index (χ0) is 19.8. The molecular formula is C22H23ClN4OS. The lowest BCUT2D eigenvalue weighted by Gasteiger charge is -2.32. The van der Waals surface area contributed by atoms with Crippen molar-refractivity contribution in [1.82, 2.24) is 15.0 Å². The number of halogens is 1. The predicted octanol–water partition coefficient (Wildman–Crippen LogP) is 5.52. The number of piperidine rings is 1. The van der Waals surface area contributed by atoms with Gasteiger partial charge in [0.1, 0.15) is 22.5 Å². The predicted molar refractivity (Wildman–Crippen MR) is 117 cm³/mol. The molecule has 29 heavy (non-hydrogen) atoms. The second-order valence-electron chi connectivity index (χ2n) is 7.71. The number of rotatable bonds is 5. The largest absolute Gasteiger partial charge is 0.496 e. The number of hydrogen-bond acceptors (Lipinski definition) is 6. The van der Waals surface area contributed by atoms with Gasteiger partial charge < -0.3 is 9.64 Å². The van der Waals surface area contributed by atoms with Crippen LogP contribution in [0, 0.1) is 0 Å². The summed E-state index contributed by atoms with van der Waals surface area (Å²) in [6.45, 7) is 1.93. The fourth-order valence-electron chi connectivity index (χ4n) is 3.92. The summed E-state index contributed by atoms with van der Waals surface area (Å²) in [6, 6.07) is 9.96. The van der Waals surface area contributed by atoms with Crippen molar-refractivity contribution in [1.29, 1.82) is 0 Å². The van der Waals surface area contributed by atoms with Crippen LogP contribution in [0.15, 0.2) is 35.7 Å². The molecule has 5 nitrogen and oxygen atoms in total. The van der Waals surface area contributed by atoms with Crippen LogP contribution in [0.1, 0.15) is 48.4 Å². The van der Waals surface area contributed by atoms with E-state index in [4.69, 9.17) is 26.3 Å². The Kier molecular flexibility index (Phi) is 5.14. The van der Waals surface area contributed by atoms with Crippen LogP contribution in [0.25, 0.3) is 11.3 Å². The molecule has 1 aliphatic carbocycles. The van der Waals surface area contributed by atoms with E-state index >= 15 is 0 Å². The second-order valence-corrected chi connectivity index (χ2v) is 8.99. The maximum Gasteiger partial charge on any atom is 0.135 e. The Bertz CT molecular complexity index is 1010. The summed E-state index contributed by atoms with van der Waals surface area (Å²) in [5, 5.41) is 3.91. The number of aromatic nitrogens is 3. The number of methoxy groups -OCH3 is 1. The standard InChI is InChI=1S/C22H23ClN4OS/c1-28-18-5-3-2-4-16(18)17-13-29-22(24-17)15-8-10-27(11-9-15)20-12-19(23)25-21(26-20)14-6-7-14/h2-5,12-15H,6-11H2,1H3. The molecule has 2 aliphatic rings. The van der Waals surface area contributed by atoms with E-state index in [1.807, 2.05) is 24.3 Å². The van der Waals surface area contributed by atoms with Crippen LogP contribution in [0.5, 0.6) is 5.75 Å². The van der Waals surface area contributed by atoms with E-state index in [0.29, 0.717) is 17.0 Å². The molecule has 1 aromatic carbocycles. The van der Waals surface area contributed by atoms with Gasteiger partial charge >= 0.3 is 0 Å². The van der Waals surface area contributed by atoms with Gasteiger partial charge in [0.2, 0.25) is 0 Å². The fourth-order valence-corrected chi connectivity index (χ4v) is 5.10. The lowest BCUT2D eigenvalue weighted by Crippen LogP contribution is -2.33. The molecule has 1 aliphatic heterocycles. The lowest BCUT2D eigenvalue weighted by atomic mass is 9.97. The number of para-hydroxylation sites is 1. The Morgan fingerprint density at radius 2 is 1.83 bits per heavy atom. The van der Waals surface area contributed by atoms with Gasteiger partial charge in [0.15, 0.2) is 0 Å². The summed E-state index contributed by atoms with van der Waals surface area (Å²) in [5.74, 6) is 3.75. The summed E-state index contributed by atoms with van der Waals surface area (Å²) in [6.07, 6.45) is 4.50. The third-order valence-corrected chi connectivity index (χ3v) is 6.92. The van der Waals surface area contributed by atoms with E-state index < -0.39 is 0 Å². The highest BCUT2D eigenvalue weighted by molar-refractivity contribution is 7.10. The highest BCUT2D eigenvalue weighted by Crippen LogP contribution is 2.40. The first-order chi connectivity index (χ1) is 14.2. The van der Waals surface area contributed by atoms with Gasteiger partial charge in [0.05, 0.1) is 17.8 Å². The molecule has 0 bridgehead atoms. The lowest BCUT2D eigenvalue weighted by molar-refractivity contribution is 0.416. The zero-order valence-corrected chi connectivity index (χ0v) is 17.9. The summed E-state index contributed by atoms with van der Waals surface area (Å²) in [7, 11) is 1.70. The third kappa shape index (κ3) is 3.96. The summed E-state index contributed by atoms with van der Waals surface area (Å²) >= 11 is 8.01. The van der Waals surface area contributed by atoms with Gasteiger partial charge in [-0.15, -0.1) is 11.3 Å². The zero-order valence-electron chi connectivity index (χ0n) is 16.3. The number of anilines is 1. The molecule has 0 N–H and O–H groups in total. The Hall–Kier alpha value is -2.18. The Balaban J connectivity index is 1.28. The van der Waals surface area contributed by atoms with Gasteiger partial charge in [-0.1, -0.05) is 23.7 Å². The minimum atomic E-state index is 0.486. The first-order valence-corrected chi connectivity index (χ1v) is 11.4. The van der Waals surface area contributed by atoms with Crippen molar-refractivity contribution in [3.8, 4) is 17.0 Å². The van der Waals surface area contributed by atoms with Crippen LogP contribution in [0.4, 0.5) is 5.82 Å². The number of nitrogens with zero attached hydrogens (tertiary/aromatic N) is 4. The maximum atomic E-state index is 6.25. The smallest absolute Gasteiger partial charge is 0.135 e. The van der Waals surface area contributed by atoms with Gasteiger partial charge in [-0.2, -0.15) is 0 Å². The van der Waals surface area contributed by atoms with Gasteiger partial charge in [-0.25, -0.2) is 15.0 Å². The van der Waals surface area contributed by atoms with Crippen LogP contribution in [-0.4, -0.2) is 35.2 Å². The molecule has 0 radical (unpaired) electrons. The summed E-state index contributed by atoms with van der Waals surface area (Å²) in [4.78, 5) is 16.5. The van der Waals surface area contributed by atoms with Crippen molar-refractivity contribution in [2.45, 2.75) is 37.5 Å². The summed E-state index contributed by atoms with van der Waals surface area (Å²) < 4.78 is 5.49. The van der Waals surface area contributed by atoms with Crippen molar-refractivity contribution in [2.75, 3.05) is 25.1 Å². The van der Waals surface area contributed by atoms with Crippen molar-refractivity contribution < 1.29 is 4.74 Å². The highest BCUT2D eigenvalue weighted by Gasteiger charge is 2.29. The average molecular weight is 427 g/mol. The van der Waals surface area contributed by atoms with E-state index in [-0.39, 0.29) is 0 Å². The quantitative estimate of drug-likeness (QED) is 0.502. The number of hydrogen-bond donors (Lipinski definition) is 0. The van der Waals surface area contributed by atoms with Crippen molar-refractivity contribution in [3.05, 3.63) is 51.7 Å². The van der Waals surface area contributed by atoms with Gasteiger partial charge in [-0.3, -0.25) is 0 Å². The molecule has 5 rings (SSSR count). The van der Waals surface area contributed by atoms with Crippen molar-refractivity contribution >= 4 is 28.8 Å². The molecule has 1 saturated heterocycles. The molecule has 7 heteroatoms. The molecule has 2 aromatic heterocycles. The molecule has 3 aromatic rings. The topological polar surface area (TPSA) is 51.1 Å². The van der Waals surface area contributed by atoms with Crippen LogP contribution in [-0.2, 0) is 0 Å². The highest BCUT2D eigenvalue weighted by atomic mass is 35.5. The van der Waals surface area contributed by atoms with E-state index in [1.165, 1.54) is 17.8 Å². The van der Waals surface area contributed by atoms with Gasteiger partial charge in [-0.05, 0) is 37.8 Å². The van der Waals surface area contributed by atoms with Crippen LogP contribution >= 0.6 is 22.9 Å². The van der Waals surface area contributed by atoms with E-state index in [1.54, 1.807) is 18.4 Å². The second kappa shape index (κ2) is 7.92. The monoisotopic (exact) mass is 426 g/mol. The summed E-state index contributed by atoms with van der Waals surface area (Å²) in [5.41, 5.74) is 2.06. The van der Waals surface area contributed by atoms with Crippen LogP contribution in [0.3, 0.4) is 0 Å². The molecule has 1 saturated carbocycles. The maximum absolute atomic E-state index is 6.25. The average Bonchev–Trinajstić information content (AvgIpc) is 3.50. The first-order valence-electron chi connectivity index (χ1n) is 10.1. The number of benzene rings is 1. The molecule has 150 valence electrons. The normalized spacial score (nSPS) is 17.5. The van der Waals surface area contributed by atoms with E-state index in [9.17, 15) is 0 Å². The van der Waals surface area contributed by atoms with Crippen molar-refractivity contribution in [3.63, 3.8) is 0 Å². The molecule has 0 atom stereocenters.